The maximum absolute atomic E-state index is 13.3. The number of hydrogen-bond donors (Lipinski definition) is 3. The van der Waals surface area contributed by atoms with Crippen LogP contribution < -0.4 is 15.5 Å². The fourth-order valence-corrected chi connectivity index (χ4v) is 7.68. The predicted octanol–water partition coefficient (Wildman–Crippen LogP) is 11.8. The minimum Gasteiger partial charge on any atom is -0.478 e. The summed E-state index contributed by atoms with van der Waals surface area (Å²) in [6, 6.07) is 31.2. The molecule has 0 saturated carbocycles. The molecule has 388 valence electrons. The van der Waals surface area contributed by atoms with Crippen molar-refractivity contribution in [3.63, 3.8) is 0 Å². The lowest BCUT2D eigenvalue weighted by Crippen LogP contribution is -2.36. The van der Waals surface area contributed by atoms with Crippen molar-refractivity contribution in [3.8, 4) is 0 Å². The lowest BCUT2D eigenvalue weighted by Gasteiger charge is -2.27. The van der Waals surface area contributed by atoms with Crippen molar-refractivity contribution in [1.82, 2.24) is 39.9 Å². The standard InChI is InChI=1S/C26H22FN5O3.2C9H4Cl2N2O.C9H6N2O2.CH4/c27-19-4-2-6-21(15-19)30-26(34)29-20-5-1-3-17(13-20)25(33)18-7-8-22-23(14-18)31-24(16-28-22)32-9-11-35-12-10-32;10-8-4-12-7-3-5(9(11)14)1-2-6(7)13-8;10-8-4-12-6-2-1-5(9(11)14)3-7(6)13-8;12-9(13)6-1-2-7-8(5-6)11-4-3-10-7;/h1-8,13-16H,9-12H2,(H2,29,30,34);2*1-4H;1-5H,(H,12,13);1H4. The van der Waals surface area contributed by atoms with E-state index in [9.17, 15) is 28.4 Å². The Balaban J connectivity index is 0.000000168. The highest BCUT2D eigenvalue weighted by Crippen LogP contribution is 2.22. The first-order valence-electron chi connectivity index (χ1n) is 22.4. The van der Waals surface area contributed by atoms with Gasteiger partial charge in [-0.05, 0) is 126 Å². The summed E-state index contributed by atoms with van der Waals surface area (Å²) in [5.74, 6) is -0.861. The molecule has 1 saturated heterocycles. The summed E-state index contributed by atoms with van der Waals surface area (Å²) in [6.45, 7) is 2.77. The van der Waals surface area contributed by atoms with Gasteiger partial charge in [-0.25, -0.2) is 28.9 Å². The zero-order valence-electron chi connectivity index (χ0n) is 39.1. The zero-order valence-corrected chi connectivity index (χ0v) is 42.1. The number of benzene rings is 6. The smallest absolute Gasteiger partial charge is 0.335 e. The number of rotatable bonds is 8. The molecule has 0 atom stereocenters. The van der Waals surface area contributed by atoms with Crippen LogP contribution in [0.5, 0.6) is 0 Å². The van der Waals surface area contributed by atoms with Crippen LogP contribution in [-0.4, -0.2) is 99.6 Å². The second kappa shape index (κ2) is 26.2. The van der Waals surface area contributed by atoms with Gasteiger partial charge in [0.05, 0.1) is 81.5 Å². The number of ether oxygens (including phenoxy) is 1. The summed E-state index contributed by atoms with van der Waals surface area (Å²) < 4.78 is 18.7. The van der Waals surface area contributed by atoms with Crippen LogP contribution in [0.4, 0.5) is 26.4 Å². The first kappa shape index (κ1) is 56.0. The first-order chi connectivity index (χ1) is 36.6. The van der Waals surface area contributed by atoms with Gasteiger partial charge >= 0.3 is 12.0 Å². The van der Waals surface area contributed by atoms with E-state index in [-0.39, 0.29) is 23.9 Å². The number of morpholine rings is 1. The van der Waals surface area contributed by atoms with Gasteiger partial charge in [0.1, 0.15) is 21.9 Å². The second-order valence-electron chi connectivity index (χ2n) is 15.9. The molecule has 0 bridgehead atoms. The number of halogens is 5. The Morgan fingerprint density at radius 3 is 1.62 bits per heavy atom. The van der Waals surface area contributed by atoms with Crippen molar-refractivity contribution < 1.29 is 38.2 Å². The molecule has 77 heavy (non-hydrogen) atoms. The van der Waals surface area contributed by atoms with Crippen molar-refractivity contribution in [2.24, 2.45) is 0 Å². The van der Waals surface area contributed by atoms with Gasteiger partial charge < -0.3 is 25.4 Å². The van der Waals surface area contributed by atoms with E-state index in [2.05, 4.69) is 50.4 Å². The number of aromatic nitrogens is 8. The van der Waals surface area contributed by atoms with Crippen LogP contribution in [0.1, 0.15) is 54.4 Å². The predicted molar refractivity (Wildman–Crippen MR) is 294 cm³/mol. The SMILES string of the molecule is C.O=C(Cl)c1ccc2nc(Cl)cnc2c1.O=C(Cl)c1ccc2ncc(Cl)nc2c1.O=C(Nc1cccc(F)c1)Nc1cccc(C(=O)c2ccc3ncc(N4CCOCC4)nc3c2)c1.O=C(O)c1ccc2nccnc2c1. The van der Waals surface area contributed by atoms with Crippen LogP contribution in [0.2, 0.25) is 10.3 Å². The van der Waals surface area contributed by atoms with Crippen LogP contribution in [0, 0.1) is 5.82 Å². The fraction of sp³-hybridized carbons (Fsp3) is 0.0926. The summed E-state index contributed by atoms with van der Waals surface area (Å²) in [4.78, 5) is 93.2. The molecule has 5 heterocycles. The Morgan fingerprint density at radius 2 is 0.987 bits per heavy atom. The molecule has 4 aromatic heterocycles. The van der Waals surface area contributed by atoms with Crippen molar-refractivity contribution in [1.29, 1.82) is 0 Å². The number of carboxylic acid groups (broad SMARTS) is 1. The van der Waals surface area contributed by atoms with E-state index in [0.717, 1.165) is 18.9 Å². The molecule has 1 aliphatic rings. The number of aromatic carboxylic acids is 1. The Bertz CT molecular complexity index is 3840. The average Bonchev–Trinajstić information content (AvgIpc) is 3.43. The normalized spacial score (nSPS) is 11.6. The summed E-state index contributed by atoms with van der Waals surface area (Å²) in [7, 11) is 0. The third kappa shape index (κ3) is 15.2. The third-order valence-corrected chi connectivity index (χ3v) is 11.6. The van der Waals surface area contributed by atoms with E-state index >= 15 is 0 Å². The molecule has 11 rings (SSSR count). The molecule has 3 N–H and O–H groups in total. The van der Waals surface area contributed by atoms with Gasteiger partial charge in [0.2, 0.25) is 0 Å². The van der Waals surface area contributed by atoms with Crippen molar-refractivity contribution in [2.45, 2.75) is 7.43 Å². The van der Waals surface area contributed by atoms with Gasteiger partial charge in [0, 0.05) is 59.1 Å². The summed E-state index contributed by atoms with van der Waals surface area (Å²) >= 11 is 22.0. The number of fused-ring (bicyclic) bond motifs is 4. The van der Waals surface area contributed by atoms with Crippen LogP contribution >= 0.6 is 46.4 Å². The summed E-state index contributed by atoms with van der Waals surface area (Å²) in [5, 5.41) is 13.5. The molecule has 1 fully saturated rings. The maximum atomic E-state index is 13.3. The highest BCUT2D eigenvalue weighted by molar-refractivity contribution is 6.68. The van der Waals surface area contributed by atoms with E-state index in [0.29, 0.717) is 96.1 Å². The number of carboxylic acids is 1. The number of nitrogens with zero attached hydrogens (tertiary/aromatic N) is 9. The molecule has 6 aromatic carbocycles. The van der Waals surface area contributed by atoms with Crippen LogP contribution in [0.15, 0.2) is 152 Å². The van der Waals surface area contributed by atoms with Crippen LogP contribution in [-0.2, 0) is 4.74 Å². The Labute approximate surface area is 457 Å². The number of hydrogen-bond acceptors (Lipinski definition) is 15. The molecule has 23 heteroatoms. The van der Waals surface area contributed by atoms with E-state index < -0.39 is 28.3 Å². The quantitative estimate of drug-likeness (QED) is 0.0945. The van der Waals surface area contributed by atoms with Gasteiger partial charge in [0.15, 0.2) is 5.78 Å². The average molecular weight is 1120 g/mol. The highest BCUT2D eigenvalue weighted by Gasteiger charge is 2.16. The molecule has 0 radical (unpaired) electrons. The van der Waals surface area contributed by atoms with Gasteiger partial charge in [-0.3, -0.25) is 39.3 Å². The number of carbonyl (C=O) groups excluding carboxylic acids is 4. The molecular formula is C54H40Cl4FN11O7. The summed E-state index contributed by atoms with van der Waals surface area (Å²) in [5.41, 5.74) is 7.74. The number of urea groups is 1. The topological polar surface area (TPSA) is 245 Å². The van der Waals surface area contributed by atoms with Gasteiger partial charge in [-0.15, -0.1) is 0 Å². The Morgan fingerprint density at radius 1 is 0.519 bits per heavy atom. The number of anilines is 3. The second-order valence-corrected chi connectivity index (χ2v) is 17.4. The minimum atomic E-state index is -0.951. The molecule has 2 amide bonds. The molecular weight excluding hydrogens is 1080 g/mol. The number of carbonyl (C=O) groups is 5. The maximum Gasteiger partial charge on any atom is 0.335 e. The number of ketones is 1. The van der Waals surface area contributed by atoms with Gasteiger partial charge in [0.25, 0.3) is 10.5 Å². The number of nitrogens with one attached hydrogen (secondary N) is 2. The molecule has 18 nitrogen and oxygen atoms in total. The lowest BCUT2D eigenvalue weighted by molar-refractivity contribution is 0.0696. The molecule has 0 spiro atoms. The monoisotopic (exact) mass is 1110 g/mol. The zero-order chi connectivity index (χ0) is 53.7. The van der Waals surface area contributed by atoms with E-state index in [1.54, 1.807) is 103 Å². The Hall–Kier alpha value is -8.72. The van der Waals surface area contributed by atoms with E-state index in [1.165, 1.54) is 48.9 Å². The lowest BCUT2D eigenvalue weighted by atomic mass is 10.0. The third-order valence-electron chi connectivity index (χ3n) is 10.8. The highest BCUT2D eigenvalue weighted by atomic mass is 35.5. The number of amides is 2. The van der Waals surface area contributed by atoms with Gasteiger partial charge in [-0.1, -0.05) is 48.8 Å². The molecule has 10 aromatic rings. The van der Waals surface area contributed by atoms with Crippen LogP contribution in [0.3, 0.4) is 0 Å². The molecule has 0 aliphatic carbocycles. The van der Waals surface area contributed by atoms with E-state index in [1.807, 2.05) is 0 Å². The van der Waals surface area contributed by atoms with Crippen molar-refractivity contribution >= 4 is 136 Å². The van der Waals surface area contributed by atoms with Gasteiger partial charge in [-0.2, -0.15) is 0 Å². The first-order valence-corrected chi connectivity index (χ1v) is 23.9. The molecule has 1 aliphatic heterocycles. The molecule has 0 unspecified atom stereocenters. The van der Waals surface area contributed by atoms with Crippen molar-refractivity contribution in [2.75, 3.05) is 41.8 Å². The Kier molecular flexibility index (Phi) is 19.0. The summed E-state index contributed by atoms with van der Waals surface area (Å²) in [6.07, 6.45) is 7.72. The fourth-order valence-electron chi connectivity index (χ4n) is 7.17. The minimum absolute atomic E-state index is 0. The van der Waals surface area contributed by atoms with Crippen molar-refractivity contribution in [3.05, 3.63) is 196 Å². The van der Waals surface area contributed by atoms with Crippen LogP contribution in [0.25, 0.3) is 44.1 Å². The van der Waals surface area contributed by atoms with E-state index in [4.69, 9.17) is 61.2 Å². The largest absolute Gasteiger partial charge is 0.478 e.